The number of benzene rings is 1. The van der Waals surface area contributed by atoms with Crippen LogP contribution in [-0.2, 0) is 11.2 Å². The van der Waals surface area contributed by atoms with E-state index < -0.39 is 0 Å². The summed E-state index contributed by atoms with van der Waals surface area (Å²) in [7, 11) is 0. The normalized spacial score (nSPS) is 18.6. The van der Waals surface area contributed by atoms with Crippen LogP contribution in [0.25, 0.3) is 0 Å². The molecule has 0 spiro atoms. The molecule has 0 aliphatic heterocycles. The zero-order valence-electron chi connectivity index (χ0n) is 11.3. The topological polar surface area (TPSA) is 55.1 Å². The summed E-state index contributed by atoms with van der Waals surface area (Å²) in [6.07, 6.45) is 5.94. The van der Waals surface area contributed by atoms with Gasteiger partial charge in [-0.25, -0.2) is 0 Å². The molecule has 0 radical (unpaired) electrons. The minimum absolute atomic E-state index is 0.135. The van der Waals surface area contributed by atoms with Crippen LogP contribution in [0.5, 0.6) is 0 Å². The summed E-state index contributed by atoms with van der Waals surface area (Å²) in [6.45, 7) is 0.878. The van der Waals surface area contributed by atoms with Crippen LogP contribution in [0.2, 0.25) is 0 Å². The molecule has 3 nitrogen and oxygen atoms in total. The number of hydrogen-bond donors (Lipinski definition) is 2. The van der Waals surface area contributed by atoms with Crippen LogP contribution in [-0.4, -0.2) is 12.5 Å². The van der Waals surface area contributed by atoms with Crippen molar-refractivity contribution in [2.24, 2.45) is 17.8 Å². The highest BCUT2D eigenvalue weighted by Crippen LogP contribution is 2.48. The molecule has 3 heteroatoms. The minimum Gasteiger partial charge on any atom is -0.399 e. The van der Waals surface area contributed by atoms with Gasteiger partial charge in [-0.15, -0.1) is 0 Å². The number of carbonyl (C=O) groups is 1. The summed E-state index contributed by atoms with van der Waals surface area (Å²) in [5, 5.41) is 3.12. The van der Waals surface area contributed by atoms with Crippen molar-refractivity contribution in [3.05, 3.63) is 29.8 Å². The summed E-state index contributed by atoms with van der Waals surface area (Å²) in [5.41, 5.74) is 7.41. The third-order valence-corrected chi connectivity index (χ3v) is 4.33. The van der Waals surface area contributed by atoms with Gasteiger partial charge in [0.1, 0.15) is 0 Å². The zero-order chi connectivity index (χ0) is 13.2. The van der Waals surface area contributed by atoms with Gasteiger partial charge in [0.2, 0.25) is 5.91 Å². The molecule has 102 valence electrons. The number of carbonyl (C=O) groups excluding carboxylic acids is 1. The summed E-state index contributed by atoms with van der Waals surface area (Å²) < 4.78 is 0. The second-order valence-corrected chi connectivity index (χ2v) is 6.06. The van der Waals surface area contributed by atoms with Crippen LogP contribution in [0, 0.1) is 17.8 Å². The minimum atomic E-state index is 0.135. The Morgan fingerprint density at radius 2 is 1.74 bits per heavy atom. The maximum absolute atomic E-state index is 11.9. The van der Waals surface area contributed by atoms with Crippen LogP contribution in [0.3, 0.4) is 0 Å². The van der Waals surface area contributed by atoms with Gasteiger partial charge in [-0.2, -0.15) is 0 Å². The molecule has 0 atom stereocenters. The molecule has 0 saturated heterocycles. The number of nitrogen functional groups attached to an aromatic ring is 1. The Labute approximate surface area is 114 Å². The largest absolute Gasteiger partial charge is 0.399 e. The van der Waals surface area contributed by atoms with Gasteiger partial charge < -0.3 is 11.1 Å². The lowest BCUT2D eigenvalue weighted by Crippen LogP contribution is -2.32. The molecule has 2 aliphatic rings. The molecule has 3 N–H and O–H groups in total. The van der Waals surface area contributed by atoms with Crippen LogP contribution in [0.1, 0.15) is 31.2 Å². The van der Waals surface area contributed by atoms with Gasteiger partial charge in [-0.1, -0.05) is 12.1 Å². The van der Waals surface area contributed by atoms with Crippen molar-refractivity contribution >= 4 is 11.6 Å². The summed E-state index contributed by atoms with van der Waals surface area (Å²) >= 11 is 0. The molecule has 0 bridgehead atoms. The number of anilines is 1. The van der Waals surface area contributed by atoms with Crippen LogP contribution >= 0.6 is 0 Å². The highest BCUT2D eigenvalue weighted by atomic mass is 16.1. The van der Waals surface area contributed by atoms with Gasteiger partial charge in [-0.05, 0) is 61.1 Å². The van der Waals surface area contributed by atoms with E-state index in [2.05, 4.69) is 5.32 Å². The second kappa shape index (κ2) is 5.24. The highest BCUT2D eigenvalue weighted by Gasteiger charge is 2.41. The maximum atomic E-state index is 11.9. The molecular weight excluding hydrogens is 236 g/mol. The standard InChI is InChI=1S/C16H22N2O/c17-14-7-1-11(2-8-14)9-16(19)18-10-15(12-3-4-12)13-5-6-13/h1-2,7-8,12-13,15H,3-6,9-10,17H2,(H,18,19). The highest BCUT2D eigenvalue weighted by molar-refractivity contribution is 5.78. The number of rotatable bonds is 6. The first-order chi connectivity index (χ1) is 9.22. The lowest BCUT2D eigenvalue weighted by molar-refractivity contribution is -0.120. The molecule has 1 aromatic rings. The number of hydrogen-bond acceptors (Lipinski definition) is 2. The number of nitrogens with two attached hydrogens (primary N) is 1. The van der Waals surface area contributed by atoms with E-state index in [4.69, 9.17) is 5.73 Å². The van der Waals surface area contributed by atoms with E-state index in [0.717, 1.165) is 35.5 Å². The predicted octanol–water partition coefficient (Wildman–Crippen LogP) is 2.36. The van der Waals surface area contributed by atoms with Gasteiger partial charge in [0, 0.05) is 12.2 Å². The molecule has 2 fully saturated rings. The molecule has 0 heterocycles. The first kappa shape index (κ1) is 12.5. The van der Waals surface area contributed by atoms with E-state index in [1.54, 1.807) is 0 Å². The summed E-state index contributed by atoms with van der Waals surface area (Å²) in [4.78, 5) is 11.9. The lowest BCUT2D eigenvalue weighted by Gasteiger charge is -2.16. The molecule has 19 heavy (non-hydrogen) atoms. The van der Waals surface area contributed by atoms with Crippen LogP contribution in [0.15, 0.2) is 24.3 Å². The Balaban J connectivity index is 1.46. The molecule has 0 unspecified atom stereocenters. The molecule has 1 amide bonds. The van der Waals surface area contributed by atoms with Crippen molar-refractivity contribution in [1.29, 1.82) is 0 Å². The number of nitrogens with one attached hydrogen (secondary N) is 1. The van der Waals surface area contributed by atoms with Gasteiger partial charge in [-0.3, -0.25) is 4.79 Å². The third kappa shape index (κ3) is 3.49. The Hall–Kier alpha value is -1.51. The number of amides is 1. The Kier molecular flexibility index (Phi) is 3.45. The lowest BCUT2D eigenvalue weighted by atomic mass is 9.98. The average Bonchev–Trinajstić information content (AvgIpc) is 3.26. The van der Waals surface area contributed by atoms with E-state index >= 15 is 0 Å². The fourth-order valence-corrected chi connectivity index (χ4v) is 2.88. The van der Waals surface area contributed by atoms with E-state index in [9.17, 15) is 4.79 Å². The van der Waals surface area contributed by atoms with Gasteiger partial charge in [0.15, 0.2) is 0 Å². The van der Waals surface area contributed by atoms with E-state index in [1.807, 2.05) is 24.3 Å². The van der Waals surface area contributed by atoms with Gasteiger partial charge in [0.05, 0.1) is 6.42 Å². The van der Waals surface area contributed by atoms with E-state index in [-0.39, 0.29) is 5.91 Å². The molecule has 1 aromatic carbocycles. The molecule has 2 saturated carbocycles. The summed E-state index contributed by atoms with van der Waals surface area (Å²) in [6, 6.07) is 7.54. The van der Waals surface area contributed by atoms with Crippen LogP contribution in [0.4, 0.5) is 5.69 Å². The van der Waals surface area contributed by atoms with Crippen molar-refractivity contribution in [3.63, 3.8) is 0 Å². The fraction of sp³-hybridized carbons (Fsp3) is 0.562. The van der Waals surface area contributed by atoms with E-state index in [1.165, 1.54) is 25.7 Å². The second-order valence-electron chi connectivity index (χ2n) is 6.06. The first-order valence-corrected chi connectivity index (χ1v) is 7.33. The van der Waals surface area contributed by atoms with Crippen molar-refractivity contribution in [3.8, 4) is 0 Å². The smallest absolute Gasteiger partial charge is 0.224 e. The van der Waals surface area contributed by atoms with Crippen molar-refractivity contribution in [2.75, 3.05) is 12.3 Å². The van der Waals surface area contributed by atoms with Crippen LogP contribution < -0.4 is 11.1 Å². The monoisotopic (exact) mass is 258 g/mol. The fourth-order valence-electron chi connectivity index (χ4n) is 2.88. The first-order valence-electron chi connectivity index (χ1n) is 7.33. The zero-order valence-corrected chi connectivity index (χ0v) is 11.3. The summed E-state index contributed by atoms with van der Waals surface area (Å²) in [5.74, 6) is 2.67. The maximum Gasteiger partial charge on any atom is 0.224 e. The quantitative estimate of drug-likeness (QED) is 0.770. The van der Waals surface area contributed by atoms with Crippen molar-refractivity contribution in [2.45, 2.75) is 32.1 Å². The average molecular weight is 258 g/mol. The van der Waals surface area contributed by atoms with Crippen molar-refractivity contribution in [1.82, 2.24) is 5.32 Å². The molecule has 0 aromatic heterocycles. The van der Waals surface area contributed by atoms with E-state index in [0.29, 0.717) is 6.42 Å². The Morgan fingerprint density at radius 3 is 2.26 bits per heavy atom. The van der Waals surface area contributed by atoms with Gasteiger partial charge >= 0.3 is 0 Å². The Bertz CT molecular complexity index is 434. The predicted molar refractivity (Wildman–Crippen MR) is 76.5 cm³/mol. The van der Waals surface area contributed by atoms with Gasteiger partial charge in [0.25, 0.3) is 0 Å². The molecular formula is C16H22N2O. The molecule has 2 aliphatic carbocycles. The molecule has 3 rings (SSSR count). The third-order valence-electron chi connectivity index (χ3n) is 4.33. The Morgan fingerprint density at radius 1 is 1.16 bits per heavy atom. The SMILES string of the molecule is Nc1ccc(CC(=O)NCC(C2CC2)C2CC2)cc1. The van der Waals surface area contributed by atoms with Crippen molar-refractivity contribution < 1.29 is 4.79 Å².